The normalized spacial score (nSPS) is 10.7. The van der Waals surface area contributed by atoms with Crippen LogP contribution >= 0.6 is 0 Å². The summed E-state index contributed by atoms with van der Waals surface area (Å²) in [6.07, 6.45) is 7.76. The molecule has 0 aliphatic carbocycles. The maximum atomic E-state index is 12.1. The standard InChI is InChI=1S/C25H36N2O/c1-26(2)23-17-13-21(14-18-23)9-5-7-11-25(28)12-8-6-10-22-15-19-24(20-16-22)27(3)4/h13-20H,5-12H2,1-4H3. The predicted molar refractivity (Wildman–Crippen MR) is 122 cm³/mol. The van der Waals surface area contributed by atoms with Gasteiger partial charge in [0.1, 0.15) is 5.78 Å². The van der Waals surface area contributed by atoms with Crippen molar-refractivity contribution in [3.05, 3.63) is 59.7 Å². The average Bonchev–Trinajstić information content (AvgIpc) is 2.69. The molecule has 0 radical (unpaired) electrons. The van der Waals surface area contributed by atoms with Crippen LogP contribution in [0.4, 0.5) is 11.4 Å². The van der Waals surface area contributed by atoms with Crippen molar-refractivity contribution in [2.75, 3.05) is 38.0 Å². The highest BCUT2D eigenvalue weighted by Crippen LogP contribution is 2.16. The van der Waals surface area contributed by atoms with Gasteiger partial charge in [0.15, 0.2) is 0 Å². The lowest BCUT2D eigenvalue weighted by Crippen LogP contribution is -2.08. The highest BCUT2D eigenvalue weighted by Gasteiger charge is 2.03. The van der Waals surface area contributed by atoms with Crippen molar-refractivity contribution < 1.29 is 4.79 Å². The maximum absolute atomic E-state index is 12.1. The molecule has 3 nitrogen and oxygen atoms in total. The van der Waals surface area contributed by atoms with Gasteiger partial charge < -0.3 is 9.80 Å². The zero-order valence-corrected chi connectivity index (χ0v) is 18.1. The van der Waals surface area contributed by atoms with Crippen molar-refractivity contribution >= 4 is 17.2 Å². The fourth-order valence-electron chi connectivity index (χ4n) is 3.35. The smallest absolute Gasteiger partial charge is 0.132 e. The van der Waals surface area contributed by atoms with Gasteiger partial charge in [0.25, 0.3) is 0 Å². The Morgan fingerprint density at radius 2 is 0.964 bits per heavy atom. The number of nitrogens with zero attached hydrogens (tertiary/aromatic N) is 2. The minimum Gasteiger partial charge on any atom is -0.378 e. The fourth-order valence-corrected chi connectivity index (χ4v) is 3.35. The SMILES string of the molecule is CN(C)c1ccc(CCCCC(=O)CCCCc2ccc(N(C)C)cc2)cc1. The van der Waals surface area contributed by atoms with Crippen LogP contribution in [0.5, 0.6) is 0 Å². The van der Waals surface area contributed by atoms with Crippen molar-refractivity contribution in [2.24, 2.45) is 0 Å². The third-order valence-corrected chi connectivity index (χ3v) is 5.25. The van der Waals surface area contributed by atoms with Crippen LogP contribution in [0.25, 0.3) is 0 Å². The lowest BCUT2D eigenvalue weighted by molar-refractivity contribution is -0.119. The van der Waals surface area contributed by atoms with Gasteiger partial charge in [-0.25, -0.2) is 0 Å². The summed E-state index contributed by atoms with van der Waals surface area (Å²) in [6, 6.07) is 17.4. The monoisotopic (exact) mass is 380 g/mol. The van der Waals surface area contributed by atoms with Crippen LogP contribution in [-0.4, -0.2) is 34.0 Å². The van der Waals surface area contributed by atoms with Crippen molar-refractivity contribution in [3.63, 3.8) is 0 Å². The van der Waals surface area contributed by atoms with Crippen LogP contribution < -0.4 is 9.80 Å². The first kappa shape index (κ1) is 22.0. The van der Waals surface area contributed by atoms with Gasteiger partial charge >= 0.3 is 0 Å². The summed E-state index contributed by atoms with van der Waals surface area (Å²) in [5.41, 5.74) is 5.18. The number of hydrogen-bond donors (Lipinski definition) is 0. The van der Waals surface area contributed by atoms with E-state index in [9.17, 15) is 4.79 Å². The first-order chi connectivity index (χ1) is 13.5. The predicted octanol–water partition coefficient (Wildman–Crippen LogP) is 5.51. The second-order valence-corrected chi connectivity index (χ2v) is 8.07. The molecule has 0 N–H and O–H groups in total. The molecular formula is C25H36N2O. The number of unbranched alkanes of at least 4 members (excludes halogenated alkanes) is 2. The summed E-state index contributed by atoms with van der Waals surface area (Å²) in [5, 5.41) is 0. The van der Waals surface area contributed by atoms with E-state index in [1.807, 2.05) is 0 Å². The Morgan fingerprint density at radius 1 is 0.607 bits per heavy atom. The lowest BCUT2D eigenvalue weighted by Gasteiger charge is -2.12. The van der Waals surface area contributed by atoms with Gasteiger partial charge in [-0.3, -0.25) is 4.79 Å². The molecule has 0 spiro atoms. The van der Waals surface area contributed by atoms with Crippen molar-refractivity contribution in [3.8, 4) is 0 Å². The Bertz CT molecular complexity index is 641. The van der Waals surface area contributed by atoms with Crippen molar-refractivity contribution in [1.82, 2.24) is 0 Å². The van der Waals surface area contributed by atoms with Crippen LogP contribution in [0.2, 0.25) is 0 Å². The highest BCUT2D eigenvalue weighted by molar-refractivity contribution is 5.78. The molecule has 28 heavy (non-hydrogen) atoms. The van der Waals surface area contributed by atoms with Gasteiger partial charge in [-0.2, -0.15) is 0 Å². The second-order valence-electron chi connectivity index (χ2n) is 8.07. The minimum absolute atomic E-state index is 0.422. The van der Waals surface area contributed by atoms with E-state index in [1.54, 1.807) is 0 Å². The number of Topliss-reactive ketones (excluding diaryl/α,β-unsaturated/α-hetero) is 1. The van der Waals surface area contributed by atoms with Gasteiger partial charge in [-0.15, -0.1) is 0 Å². The third-order valence-electron chi connectivity index (χ3n) is 5.25. The number of anilines is 2. The molecule has 0 aliphatic rings. The summed E-state index contributed by atoms with van der Waals surface area (Å²) >= 11 is 0. The summed E-state index contributed by atoms with van der Waals surface area (Å²) in [6.45, 7) is 0. The van der Waals surface area contributed by atoms with Gasteiger partial charge in [-0.05, 0) is 73.9 Å². The summed E-state index contributed by atoms with van der Waals surface area (Å²) in [4.78, 5) is 16.3. The lowest BCUT2D eigenvalue weighted by atomic mass is 10.0. The Balaban J connectivity index is 1.55. The Hall–Kier alpha value is -2.29. The quantitative estimate of drug-likeness (QED) is 0.453. The molecule has 152 valence electrons. The molecule has 3 heteroatoms. The van der Waals surface area contributed by atoms with Gasteiger partial charge in [0, 0.05) is 52.4 Å². The Kier molecular flexibility index (Phi) is 9.06. The molecule has 0 fully saturated rings. The van der Waals surface area contributed by atoms with E-state index in [2.05, 4.69) is 86.5 Å². The number of aryl methyl sites for hydroxylation is 2. The molecule has 0 amide bonds. The van der Waals surface area contributed by atoms with E-state index < -0.39 is 0 Å². The largest absolute Gasteiger partial charge is 0.378 e. The zero-order valence-electron chi connectivity index (χ0n) is 18.1. The number of hydrogen-bond acceptors (Lipinski definition) is 3. The third kappa shape index (κ3) is 7.75. The minimum atomic E-state index is 0.422. The Labute approximate surface area is 171 Å². The van der Waals surface area contributed by atoms with E-state index in [-0.39, 0.29) is 0 Å². The van der Waals surface area contributed by atoms with E-state index >= 15 is 0 Å². The topological polar surface area (TPSA) is 23.6 Å². The number of rotatable bonds is 12. The van der Waals surface area contributed by atoms with Crippen LogP contribution in [0, 0.1) is 0 Å². The maximum Gasteiger partial charge on any atom is 0.132 e. The molecule has 2 aromatic carbocycles. The number of benzene rings is 2. The molecular weight excluding hydrogens is 344 g/mol. The van der Waals surface area contributed by atoms with E-state index in [4.69, 9.17) is 0 Å². The molecule has 2 rings (SSSR count). The Morgan fingerprint density at radius 3 is 1.29 bits per heavy atom. The molecule has 0 saturated carbocycles. The van der Waals surface area contributed by atoms with Crippen LogP contribution in [0.1, 0.15) is 49.7 Å². The van der Waals surface area contributed by atoms with Crippen LogP contribution in [0.3, 0.4) is 0 Å². The molecule has 2 aromatic rings. The van der Waals surface area contributed by atoms with E-state index in [1.165, 1.54) is 22.5 Å². The molecule has 0 unspecified atom stereocenters. The second kappa shape index (κ2) is 11.5. The summed E-state index contributed by atoms with van der Waals surface area (Å²) < 4.78 is 0. The van der Waals surface area contributed by atoms with Gasteiger partial charge in [0.05, 0.1) is 0 Å². The summed E-state index contributed by atoms with van der Waals surface area (Å²) in [7, 11) is 8.23. The van der Waals surface area contributed by atoms with Crippen LogP contribution in [0.15, 0.2) is 48.5 Å². The molecule has 0 bridgehead atoms. The van der Waals surface area contributed by atoms with Crippen LogP contribution in [-0.2, 0) is 17.6 Å². The zero-order chi connectivity index (χ0) is 20.4. The van der Waals surface area contributed by atoms with Crippen molar-refractivity contribution in [1.29, 1.82) is 0 Å². The molecule has 0 saturated heterocycles. The van der Waals surface area contributed by atoms with Crippen molar-refractivity contribution in [2.45, 2.75) is 51.4 Å². The number of carbonyl (C=O) groups is 1. The number of carbonyl (C=O) groups excluding carboxylic acids is 1. The molecule has 0 aromatic heterocycles. The average molecular weight is 381 g/mol. The van der Waals surface area contributed by atoms with E-state index in [0.29, 0.717) is 5.78 Å². The highest BCUT2D eigenvalue weighted by atomic mass is 16.1. The fraction of sp³-hybridized carbons (Fsp3) is 0.480. The molecule has 0 atom stereocenters. The van der Waals surface area contributed by atoms with Gasteiger partial charge in [-0.1, -0.05) is 24.3 Å². The first-order valence-corrected chi connectivity index (χ1v) is 10.5. The molecule has 0 aliphatic heterocycles. The first-order valence-electron chi connectivity index (χ1n) is 10.5. The molecule has 0 heterocycles. The van der Waals surface area contributed by atoms with Gasteiger partial charge in [0.2, 0.25) is 0 Å². The van der Waals surface area contributed by atoms with E-state index in [0.717, 1.165) is 51.4 Å². The summed E-state index contributed by atoms with van der Waals surface area (Å²) in [5.74, 6) is 0.422. The number of ketones is 1.